The van der Waals surface area contributed by atoms with Crippen LogP contribution in [0.5, 0.6) is 0 Å². The SMILES string of the molecule is Cc1ncsc1-c1ccc(C(C)NC(=O)[C@@H]2C[C@@H](O)CN2C(=O)C(NC(=O)CN2C3CCC2CN(c2cc(Br)nnc2N)C3)C(C)(C)C)cc1. The number of aromatic nitrogens is 3. The third-order valence-electron chi connectivity index (χ3n) is 10.1. The van der Waals surface area contributed by atoms with Crippen LogP contribution >= 0.6 is 27.3 Å². The van der Waals surface area contributed by atoms with Gasteiger partial charge in [-0.05, 0) is 65.2 Å². The first-order valence-electron chi connectivity index (χ1n) is 17.1. The second-order valence-corrected chi connectivity index (χ2v) is 16.4. The van der Waals surface area contributed by atoms with Crippen LogP contribution in [0.4, 0.5) is 11.5 Å². The maximum atomic E-state index is 14.2. The van der Waals surface area contributed by atoms with Gasteiger partial charge in [0.25, 0.3) is 0 Å². The fourth-order valence-corrected chi connectivity index (χ4v) is 8.56. The van der Waals surface area contributed by atoms with Crippen molar-refractivity contribution < 1.29 is 19.5 Å². The number of hydrogen-bond acceptors (Lipinski definition) is 11. The number of likely N-dealkylation sites (tertiary alicyclic amines) is 1. The number of rotatable bonds is 9. The number of amides is 3. The van der Waals surface area contributed by atoms with Gasteiger partial charge >= 0.3 is 0 Å². The number of nitrogens with one attached hydrogen (secondary N) is 2. The normalized spacial score (nSPS) is 23.5. The summed E-state index contributed by atoms with van der Waals surface area (Å²) in [6.07, 6.45) is 1.18. The van der Waals surface area contributed by atoms with Crippen LogP contribution in [0.15, 0.2) is 40.4 Å². The number of fused-ring (bicyclic) bond motifs is 2. The first-order chi connectivity index (χ1) is 23.7. The zero-order valence-corrected chi connectivity index (χ0v) is 31.5. The number of hydrogen-bond donors (Lipinski definition) is 4. The van der Waals surface area contributed by atoms with Crippen molar-refractivity contribution >= 4 is 56.5 Å². The van der Waals surface area contributed by atoms with E-state index in [-0.39, 0.29) is 55.4 Å². The highest BCUT2D eigenvalue weighted by Crippen LogP contribution is 2.35. The number of aliphatic hydroxyl groups excluding tert-OH is 1. The van der Waals surface area contributed by atoms with Gasteiger partial charge in [0, 0.05) is 38.1 Å². The number of thiazole rings is 1. The molecule has 3 aliphatic rings. The molecule has 3 fully saturated rings. The molecular weight excluding hydrogens is 722 g/mol. The largest absolute Gasteiger partial charge is 0.391 e. The predicted octanol–water partition coefficient (Wildman–Crippen LogP) is 3.28. The topological polar surface area (TPSA) is 170 Å². The number of benzene rings is 1. The minimum atomic E-state index is -0.894. The monoisotopic (exact) mass is 767 g/mol. The second-order valence-electron chi connectivity index (χ2n) is 14.8. The highest BCUT2D eigenvalue weighted by atomic mass is 79.9. The summed E-state index contributed by atoms with van der Waals surface area (Å²) in [7, 11) is 0. The van der Waals surface area contributed by atoms with E-state index in [9.17, 15) is 19.5 Å². The molecule has 3 aromatic rings. The van der Waals surface area contributed by atoms with Crippen LogP contribution in [0, 0.1) is 12.3 Å². The molecule has 3 aliphatic heterocycles. The zero-order valence-electron chi connectivity index (χ0n) is 29.1. The number of nitrogens with zero attached hydrogens (tertiary/aromatic N) is 6. The lowest BCUT2D eigenvalue weighted by molar-refractivity contribution is -0.144. The first kappa shape index (κ1) is 36.1. The molecule has 6 rings (SSSR count). The van der Waals surface area contributed by atoms with Gasteiger partial charge in [-0.1, -0.05) is 45.0 Å². The summed E-state index contributed by atoms with van der Waals surface area (Å²) in [4.78, 5) is 52.8. The smallest absolute Gasteiger partial charge is 0.246 e. The van der Waals surface area contributed by atoms with Crippen LogP contribution in [-0.2, 0) is 14.4 Å². The molecule has 0 radical (unpaired) electrons. The number of nitrogens with two attached hydrogens (primary N) is 1. The lowest BCUT2D eigenvalue weighted by Gasteiger charge is -2.42. The Morgan fingerprint density at radius 1 is 1.08 bits per heavy atom. The Morgan fingerprint density at radius 3 is 2.38 bits per heavy atom. The fourth-order valence-electron chi connectivity index (χ4n) is 7.45. The van der Waals surface area contributed by atoms with Gasteiger partial charge in [-0.15, -0.1) is 21.5 Å². The average Bonchev–Trinajstić information content (AvgIpc) is 3.74. The van der Waals surface area contributed by atoms with Gasteiger partial charge in [-0.2, -0.15) is 0 Å². The summed E-state index contributed by atoms with van der Waals surface area (Å²) >= 11 is 4.97. The summed E-state index contributed by atoms with van der Waals surface area (Å²) in [5.74, 6) is -0.591. The average molecular weight is 769 g/mol. The Bertz CT molecular complexity index is 1720. The third kappa shape index (κ3) is 7.65. The number of carbonyl (C=O) groups is 3. The molecule has 5 heterocycles. The minimum absolute atomic E-state index is 0.0197. The quantitative estimate of drug-likeness (QED) is 0.254. The number of nitrogen functional groups attached to an aromatic ring is 1. The maximum Gasteiger partial charge on any atom is 0.246 e. The van der Waals surface area contributed by atoms with E-state index in [0.717, 1.165) is 40.2 Å². The molecule has 2 aromatic heterocycles. The van der Waals surface area contributed by atoms with Gasteiger partial charge in [-0.3, -0.25) is 19.3 Å². The van der Waals surface area contributed by atoms with Crippen molar-refractivity contribution in [3.8, 4) is 10.4 Å². The van der Waals surface area contributed by atoms with Crippen molar-refractivity contribution in [3.63, 3.8) is 0 Å². The van der Waals surface area contributed by atoms with Gasteiger partial charge < -0.3 is 31.3 Å². The van der Waals surface area contributed by atoms with Crippen LogP contribution < -0.4 is 21.3 Å². The highest BCUT2D eigenvalue weighted by Gasteiger charge is 2.46. The molecule has 6 atom stereocenters. The molecule has 1 aromatic carbocycles. The highest BCUT2D eigenvalue weighted by molar-refractivity contribution is 9.10. The summed E-state index contributed by atoms with van der Waals surface area (Å²) in [5.41, 5.74) is 11.1. The van der Waals surface area contributed by atoms with Gasteiger partial charge in [-0.25, -0.2) is 4.98 Å². The lowest BCUT2D eigenvalue weighted by Crippen LogP contribution is -2.60. The van der Waals surface area contributed by atoms with Gasteiger partial charge in [0.15, 0.2) is 5.82 Å². The van der Waals surface area contributed by atoms with Gasteiger partial charge in [0.2, 0.25) is 17.7 Å². The molecule has 50 heavy (non-hydrogen) atoms. The molecule has 3 amide bonds. The lowest BCUT2D eigenvalue weighted by atomic mass is 9.85. The molecule has 0 spiro atoms. The number of aliphatic hydroxyl groups is 1. The van der Waals surface area contributed by atoms with Crippen molar-refractivity contribution in [2.45, 2.75) is 90.2 Å². The molecule has 2 bridgehead atoms. The molecule has 5 N–H and O–H groups in total. The Morgan fingerprint density at radius 2 is 1.76 bits per heavy atom. The standard InChI is InChI=1S/C35H46BrN9O4S/c1-19(21-6-8-22(9-7-21)30-20(2)38-18-50-30)39-33(48)27-12-25(46)16-45(27)34(49)31(35(3,4)5)40-29(47)17-44-23-10-11-24(44)15-43(14-23)26-13-28(36)41-42-32(26)37/h6-9,13,18-19,23-25,27,31,46H,10-12,14-17H2,1-5H3,(H2,37,42)(H,39,48)(H,40,47)/t19?,23?,24?,25-,27+,31?/m1/s1. The number of halogens is 1. The number of anilines is 2. The number of piperazine rings is 1. The molecule has 15 heteroatoms. The van der Waals surface area contributed by atoms with E-state index >= 15 is 0 Å². The second kappa shape index (κ2) is 14.5. The zero-order chi connectivity index (χ0) is 35.9. The number of β-amino-alcohol motifs (C(OH)–C–C–N with tert-alkyl or cyclic N) is 1. The van der Waals surface area contributed by atoms with E-state index < -0.39 is 23.6 Å². The van der Waals surface area contributed by atoms with E-state index in [2.05, 4.69) is 51.5 Å². The summed E-state index contributed by atoms with van der Waals surface area (Å²) in [5, 5.41) is 24.7. The predicted molar refractivity (Wildman–Crippen MR) is 196 cm³/mol. The van der Waals surface area contributed by atoms with Gasteiger partial charge in [0.1, 0.15) is 16.7 Å². The minimum Gasteiger partial charge on any atom is -0.391 e. The Balaban J connectivity index is 1.09. The van der Waals surface area contributed by atoms with Crippen LogP contribution in [0.1, 0.15) is 64.3 Å². The molecule has 13 nitrogen and oxygen atoms in total. The fraction of sp³-hybridized carbons (Fsp3) is 0.543. The molecule has 0 aliphatic carbocycles. The molecule has 0 saturated carbocycles. The van der Waals surface area contributed by atoms with E-state index in [4.69, 9.17) is 5.73 Å². The summed E-state index contributed by atoms with van der Waals surface area (Å²) in [6, 6.07) is 8.08. The molecule has 4 unspecified atom stereocenters. The molecule has 268 valence electrons. The van der Waals surface area contributed by atoms with Crippen molar-refractivity contribution in [3.05, 3.63) is 51.7 Å². The van der Waals surface area contributed by atoms with Crippen LogP contribution in [-0.4, -0.2) is 104 Å². The number of aryl methyl sites for hydroxylation is 1. The number of carbonyl (C=O) groups excluding carboxylic acids is 3. The van der Waals surface area contributed by atoms with E-state index in [1.54, 1.807) is 11.3 Å². The Kier molecular flexibility index (Phi) is 10.5. The van der Waals surface area contributed by atoms with Crippen LogP contribution in [0.25, 0.3) is 10.4 Å². The van der Waals surface area contributed by atoms with Crippen molar-refractivity contribution in [1.82, 2.24) is 35.6 Å². The Labute approximate surface area is 305 Å². The van der Waals surface area contributed by atoms with E-state index in [0.29, 0.717) is 23.5 Å². The third-order valence-corrected chi connectivity index (χ3v) is 11.5. The maximum absolute atomic E-state index is 14.2. The summed E-state index contributed by atoms with van der Waals surface area (Å²) < 4.78 is 0.612. The Hall–Kier alpha value is -3.66. The van der Waals surface area contributed by atoms with Crippen molar-refractivity contribution in [1.29, 1.82) is 0 Å². The van der Waals surface area contributed by atoms with Crippen molar-refractivity contribution in [2.75, 3.05) is 36.8 Å². The van der Waals surface area contributed by atoms with Gasteiger partial charge in [0.05, 0.1) is 40.5 Å². The summed E-state index contributed by atoms with van der Waals surface area (Å²) in [6.45, 7) is 11.1. The van der Waals surface area contributed by atoms with Crippen LogP contribution in [0.2, 0.25) is 0 Å². The van der Waals surface area contributed by atoms with Crippen LogP contribution in [0.3, 0.4) is 0 Å². The molecular formula is C35H46BrN9O4S. The van der Waals surface area contributed by atoms with Crippen molar-refractivity contribution in [2.24, 2.45) is 5.41 Å². The molecule has 3 saturated heterocycles. The first-order valence-corrected chi connectivity index (χ1v) is 18.7. The van der Waals surface area contributed by atoms with E-state index in [1.807, 2.05) is 70.5 Å². The van der Waals surface area contributed by atoms with E-state index in [1.165, 1.54) is 4.90 Å².